The van der Waals surface area contributed by atoms with Gasteiger partial charge in [0.05, 0.1) is 11.9 Å². The molecule has 0 unspecified atom stereocenters. The summed E-state index contributed by atoms with van der Waals surface area (Å²) < 4.78 is 1.04. The summed E-state index contributed by atoms with van der Waals surface area (Å²) in [5.74, 6) is 0.864. The van der Waals surface area contributed by atoms with Gasteiger partial charge in [-0.05, 0) is 49.2 Å². The summed E-state index contributed by atoms with van der Waals surface area (Å²) in [5.41, 5.74) is 1.88. The number of hydrogen-bond acceptors (Lipinski definition) is 3. The lowest BCUT2D eigenvalue weighted by Crippen LogP contribution is -2.28. The summed E-state index contributed by atoms with van der Waals surface area (Å²) in [5, 5.41) is 6.12. The van der Waals surface area contributed by atoms with Crippen LogP contribution in [-0.4, -0.2) is 10.9 Å². The van der Waals surface area contributed by atoms with Gasteiger partial charge in [-0.15, -0.1) is 0 Å². The average molecular weight is 346 g/mol. The van der Waals surface area contributed by atoms with Crippen LogP contribution in [0.3, 0.4) is 0 Å². The van der Waals surface area contributed by atoms with Gasteiger partial charge in [0.25, 0.3) is 0 Å². The molecule has 108 valence electrons. The lowest BCUT2D eigenvalue weighted by molar-refractivity contribution is -0.122. The number of nitrogens with one attached hydrogen (secondary N) is 2. The topological polar surface area (TPSA) is 54.0 Å². The van der Waals surface area contributed by atoms with Gasteiger partial charge in [-0.1, -0.05) is 22.4 Å². The molecule has 1 aliphatic rings. The van der Waals surface area contributed by atoms with Crippen molar-refractivity contribution < 1.29 is 4.79 Å². The third kappa shape index (κ3) is 3.61. The molecular formula is C16H16BrN3O. The Bertz CT molecular complexity index is 621. The largest absolute Gasteiger partial charge is 0.354 e. The summed E-state index contributed by atoms with van der Waals surface area (Å²) in [4.78, 5) is 16.1. The van der Waals surface area contributed by atoms with E-state index in [2.05, 4.69) is 31.5 Å². The molecule has 1 fully saturated rings. The molecule has 0 aliphatic heterocycles. The molecule has 0 spiro atoms. The minimum atomic E-state index is 0.0855. The van der Waals surface area contributed by atoms with E-state index < -0.39 is 0 Å². The van der Waals surface area contributed by atoms with Crippen molar-refractivity contribution in [2.45, 2.75) is 19.3 Å². The Morgan fingerprint density at radius 1 is 1.10 bits per heavy atom. The molecule has 21 heavy (non-hydrogen) atoms. The molecule has 5 heteroatoms. The fourth-order valence-electron chi connectivity index (χ4n) is 2.14. The van der Waals surface area contributed by atoms with Crippen molar-refractivity contribution in [3.05, 3.63) is 47.1 Å². The zero-order chi connectivity index (χ0) is 14.7. The number of hydrogen-bond donors (Lipinski definition) is 2. The Labute approximate surface area is 132 Å². The zero-order valence-electron chi connectivity index (χ0n) is 11.5. The monoisotopic (exact) mass is 345 g/mol. The first-order chi connectivity index (χ1) is 10.2. The lowest BCUT2D eigenvalue weighted by Gasteiger charge is -2.23. The highest BCUT2D eigenvalue weighted by molar-refractivity contribution is 9.10. The van der Waals surface area contributed by atoms with Crippen LogP contribution in [-0.2, 0) is 4.79 Å². The van der Waals surface area contributed by atoms with Crippen LogP contribution in [0.4, 0.5) is 17.2 Å². The van der Waals surface area contributed by atoms with Crippen LogP contribution in [0.1, 0.15) is 19.3 Å². The Kier molecular flexibility index (Phi) is 4.20. The summed E-state index contributed by atoms with van der Waals surface area (Å²) in [7, 11) is 0. The van der Waals surface area contributed by atoms with Crippen molar-refractivity contribution in [1.29, 1.82) is 0 Å². The van der Waals surface area contributed by atoms with E-state index in [-0.39, 0.29) is 11.8 Å². The molecule has 1 aromatic carbocycles. The number of pyridine rings is 1. The maximum atomic E-state index is 11.8. The van der Waals surface area contributed by atoms with Crippen LogP contribution in [0.25, 0.3) is 0 Å². The number of carbonyl (C=O) groups excluding carboxylic acids is 1. The Morgan fingerprint density at radius 3 is 2.38 bits per heavy atom. The van der Waals surface area contributed by atoms with Crippen LogP contribution in [0.2, 0.25) is 0 Å². The molecule has 1 aromatic heterocycles. The molecule has 2 aromatic rings. The predicted molar refractivity (Wildman–Crippen MR) is 87.6 cm³/mol. The van der Waals surface area contributed by atoms with Crippen LogP contribution < -0.4 is 10.6 Å². The molecule has 1 amide bonds. The number of aromatic nitrogens is 1. The molecule has 2 N–H and O–H groups in total. The number of carbonyl (C=O) groups is 1. The van der Waals surface area contributed by atoms with Gasteiger partial charge in [0.15, 0.2) is 0 Å². The van der Waals surface area contributed by atoms with Crippen molar-refractivity contribution >= 4 is 39.0 Å². The quantitative estimate of drug-likeness (QED) is 0.867. The summed E-state index contributed by atoms with van der Waals surface area (Å²) in [6.07, 6.45) is 4.87. The Morgan fingerprint density at radius 2 is 1.81 bits per heavy atom. The number of rotatable bonds is 4. The molecule has 0 bridgehead atoms. The Balaban J connectivity index is 1.60. The highest BCUT2D eigenvalue weighted by Crippen LogP contribution is 2.27. The SMILES string of the molecule is O=C(Nc1ccc(Nc2ccc(Br)cc2)cn1)C1CCC1. The summed E-state index contributed by atoms with van der Waals surface area (Å²) >= 11 is 3.41. The molecule has 1 saturated carbocycles. The molecular weight excluding hydrogens is 330 g/mol. The summed E-state index contributed by atoms with van der Waals surface area (Å²) in [6, 6.07) is 11.6. The average Bonchev–Trinajstić information content (AvgIpc) is 2.41. The van der Waals surface area contributed by atoms with Gasteiger partial charge >= 0.3 is 0 Å². The van der Waals surface area contributed by atoms with Crippen LogP contribution in [0.15, 0.2) is 47.1 Å². The van der Waals surface area contributed by atoms with Crippen LogP contribution in [0.5, 0.6) is 0 Å². The van der Waals surface area contributed by atoms with E-state index in [9.17, 15) is 4.79 Å². The second-order valence-electron chi connectivity index (χ2n) is 5.18. The minimum Gasteiger partial charge on any atom is -0.354 e. The van der Waals surface area contributed by atoms with Crippen molar-refractivity contribution in [2.24, 2.45) is 5.92 Å². The van der Waals surface area contributed by atoms with Gasteiger partial charge in [-0.25, -0.2) is 4.98 Å². The minimum absolute atomic E-state index is 0.0855. The molecule has 1 heterocycles. The van der Waals surface area contributed by atoms with E-state index in [1.165, 1.54) is 0 Å². The molecule has 1 aliphatic carbocycles. The fourth-order valence-corrected chi connectivity index (χ4v) is 2.40. The van der Waals surface area contributed by atoms with Gasteiger partial charge in [0.1, 0.15) is 5.82 Å². The van der Waals surface area contributed by atoms with E-state index in [4.69, 9.17) is 0 Å². The molecule has 3 rings (SSSR count). The van der Waals surface area contributed by atoms with Crippen molar-refractivity contribution in [2.75, 3.05) is 10.6 Å². The highest BCUT2D eigenvalue weighted by atomic mass is 79.9. The Hall–Kier alpha value is -1.88. The standard InChI is InChI=1S/C16H16BrN3O/c17-12-4-6-13(7-5-12)19-14-8-9-15(18-10-14)20-16(21)11-2-1-3-11/h4-11,19H,1-3H2,(H,18,20,21). The van der Waals surface area contributed by atoms with Crippen LogP contribution >= 0.6 is 15.9 Å². The van der Waals surface area contributed by atoms with Crippen molar-refractivity contribution in [3.63, 3.8) is 0 Å². The van der Waals surface area contributed by atoms with E-state index >= 15 is 0 Å². The maximum absolute atomic E-state index is 11.8. The van der Waals surface area contributed by atoms with E-state index in [0.717, 1.165) is 35.1 Å². The number of anilines is 3. The third-order valence-electron chi connectivity index (χ3n) is 3.62. The normalized spacial score (nSPS) is 14.3. The number of amides is 1. The smallest absolute Gasteiger partial charge is 0.228 e. The van der Waals surface area contributed by atoms with Crippen molar-refractivity contribution in [1.82, 2.24) is 4.98 Å². The first kappa shape index (κ1) is 14.1. The fraction of sp³-hybridized carbons (Fsp3) is 0.250. The first-order valence-corrected chi connectivity index (χ1v) is 7.79. The zero-order valence-corrected chi connectivity index (χ0v) is 13.1. The highest BCUT2D eigenvalue weighted by Gasteiger charge is 2.25. The van der Waals surface area contributed by atoms with Crippen molar-refractivity contribution in [3.8, 4) is 0 Å². The second-order valence-corrected chi connectivity index (χ2v) is 6.10. The van der Waals surface area contributed by atoms with Gasteiger partial charge < -0.3 is 10.6 Å². The molecule has 0 atom stereocenters. The molecule has 4 nitrogen and oxygen atoms in total. The van der Waals surface area contributed by atoms with Gasteiger partial charge in [0, 0.05) is 16.1 Å². The number of halogens is 1. The molecule has 0 saturated heterocycles. The van der Waals surface area contributed by atoms with Crippen LogP contribution in [0, 0.1) is 5.92 Å². The predicted octanol–water partition coefficient (Wildman–Crippen LogP) is 4.33. The summed E-state index contributed by atoms with van der Waals surface area (Å²) in [6.45, 7) is 0. The number of nitrogens with zero attached hydrogens (tertiary/aromatic N) is 1. The number of benzene rings is 1. The van der Waals surface area contributed by atoms with Gasteiger partial charge in [0.2, 0.25) is 5.91 Å². The van der Waals surface area contributed by atoms with Gasteiger partial charge in [-0.3, -0.25) is 4.79 Å². The molecule has 0 radical (unpaired) electrons. The first-order valence-electron chi connectivity index (χ1n) is 7.00. The lowest BCUT2D eigenvalue weighted by atomic mass is 9.85. The third-order valence-corrected chi connectivity index (χ3v) is 4.15. The van der Waals surface area contributed by atoms with E-state index in [1.807, 2.05) is 36.4 Å². The second kappa shape index (κ2) is 6.26. The maximum Gasteiger partial charge on any atom is 0.228 e. The van der Waals surface area contributed by atoms with E-state index in [1.54, 1.807) is 6.20 Å². The van der Waals surface area contributed by atoms with E-state index in [0.29, 0.717) is 5.82 Å². The van der Waals surface area contributed by atoms with Gasteiger partial charge in [-0.2, -0.15) is 0 Å².